The predicted molar refractivity (Wildman–Crippen MR) is 118 cm³/mol. The minimum atomic E-state index is 0.00321. The number of rotatable bonds is 6. The van der Waals surface area contributed by atoms with Crippen molar-refractivity contribution in [3.63, 3.8) is 0 Å². The molecule has 135 valence electrons. The molecule has 27 heavy (non-hydrogen) atoms. The first-order valence-electron chi connectivity index (χ1n) is 9.98. The van der Waals surface area contributed by atoms with Gasteiger partial charge in [0.05, 0.1) is 0 Å². The van der Waals surface area contributed by atoms with Gasteiger partial charge in [0.15, 0.2) is 0 Å². The molecule has 0 aliphatic carbocycles. The van der Waals surface area contributed by atoms with E-state index in [1.54, 1.807) is 0 Å². The standard InChI is InChI=1S/C27H27/c1-3-4-9-18-27(2,25-16-14-21-10-5-7-12-23(21)19-25)26-17-15-22-11-6-8-13-24(22)20-26/h5-8,10-17,19-20H,1,3-4,9,18H2,2H3. The van der Waals surface area contributed by atoms with Crippen molar-refractivity contribution in [3.8, 4) is 0 Å². The van der Waals surface area contributed by atoms with Gasteiger partial charge in [0, 0.05) is 5.41 Å². The molecule has 0 bridgehead atoms. The van der Waals surface area contributed by atoms with Gasteiger partial charge in [0.25, 0.3) is 0 Å². The monoisotopic (exact) mass is 351 g/mol. The van der Waals surface area contributed by atoms with Crippen molar-refractivity contribution in [1.82, 2.24) is 0 Å². The van der Waals surface area contributed by atoms with E-state index in [1.807, 2.05) is 0 Å². The summed E-state index contributed by atoms with van der Waals surface area (Å²) < 4.78 is 0. The summed E-state index contributed by atoms with van der Waals surface area (Å²) in [6, 6.07) is 31.2. The van der Waals surface area contributed by atoms with Crippen LogP contribution < -0.4 is 0 Å². The Bertz CT molecular complexity index is 978. The van der Waals surface area contributed by atoms with Crippen molar-refractivity contribution in [1.29, 1.82) is 0 Å². The highest BCUT2D eigenvalue weighted by Crippen LogP contribution is 2.39. The van der Waals surface area contributed by atoms with Crippen LogP contribution in [0.2, 0.25) is 0 Å². The van der Waals surface area contributed by atoms with E-state index >= 15 is 0 Å². The number of hydrogen-bond acceptors (Lipinski definition) is 0. The Labute approximate surface area is 162 Å². The zero-order chi connectivity index (χ0) is 18.7. The first kappa shape index (κ1) is 17.8. The molecule has 1 radical (unpaired) electrons. The first-order chi connectivity index (χ1) is 13.2. The molecule has 0 amide bonds. The van der Waals surface area contributed by atoms with Gasteiger partial charge < -0.3 is 0 Å². The van der Waals surface area contributed by atoms with Crippen LogP contribution in [-0.2, 0) is 5.41 Å². The highest BCUT2D eigenvalue weighted by atomic mass is 14.3. The molecular weight excluding hydrogens is 324 g/mol. The van der Waals surface area contributed by atoms with E-state index in [9.17, 15) is 0 Å². The molecule has 0 fully saturated rings. The van der Waals surface area contributed by atoms with Crippen molar-refractivity contribution in [2.24, 2.45) is 0 Å². The summed E-state index contributed by atoms with van der Waals surface area (Å²) in [5, 5.41) is 5.25. The van der Waals surface area contributed by atoms with Crippen LogP contribution >= 0.6 is 0 Å². The minimum absolute atomic E-state index is 0.00321. The van der Waals surface area contributed by atoms with E-state index < -0.39 is 0 Å². The zero-order valence-corrected chi connectivity index (χ0v) is 16.1. The molecule has 0 aromatic heterocycles. The van der Waals surface area contributed by atoms with Gasteiger partial charge in [-0.05, 0) is 39.1 Å². The molecule has 0 unspecified atom stereocenters. The minimum Gasteiger partial charge on any atom is -0.0616 e. The van der Waals surface area contributed by atoms with Gasteiger partial charge in [-0.1, -0.05) is 118 Å². The molecule has 4 aromatic carbocycles. The van der Waals surface area contributed by atoms with Crippen LogP contribution in [0.5, 0.6) is 0 Å². The van der Waals surface area contributed by atoms with Gasteiger partial charge in [-0.3, -0.25) is 0 Å². The molecule has 0 N–H and O–H groups in total. The molecule has 0 spiro atoms. The number of fused-ring (bicyclic) bond motifs is 2. The van der Waals surface area contributed by atoms with E-state index in [0.717, 1.165) is 12.8 Å². The highest BCUT2D eigenvalue weighted by molar-refractivity contribution is 5.85. The Morgan fingerprint density at radius 2 is 1.11 bits per heavy atom. The fourth-order valence-electron chi connectivity index (χ4n) is 4.18. The van der Waals surface area contributed by atoms with Crippen LogP contribution in [0.15, 0.2) is 84.9 Å². The predicted octanol–water partition coefficient (Wildman–Crippen LogP) is 7.69. The first-order valence-corrected chi connectivity index (χ1v) is 9.98. The summed E-state index contributed by atoms with van der Waals surface area (Å²) in [6.45, 7) is 6.44. The van der Waals surface area contributed by atoms with Gasteiger partial charge in [0.1, 0.15) is 0 Å². The van der Waals surface area contributed by atoms with E-state index in [4.69, 9.17) is 0 Å². The fraction of sp³-hybridized carbons (Fsp3) is 0.222. The second-order valence-corrected chi connectivity index (χ2v) is 7.77. The molecule has 4 rings (SSSR count). The van der Waals surface area contributed by atoms with Crippen molar-refractivity contribution in [2.75, 3.05) is 0 Å². The van der Waals surface area contributed by atoms with Crippen LogP contribution in [0, 0.1) is 6.92 Å². The molecule has 0 nitrogen and oxygen atoms in total. The second kappa shape index (κ2) is 7.56. The summed E-state index contributed by atoms with van der Waals surface area (Å²) in [5.74, 6) is 0. The van der Waals surface area contributed by atoms with E-state index in [0.29, 0.717) is 0 Å². The topological polar surface area (TPSA) is 0 Å². The zero-order valence-electron chi connectivity index (χ0n) is 16.1. The van der Waals surface area contributed by atoms with Gasteiger partial charge in [-0.15, -0.1) is 0 Å². The summed E-state index contributed by atoms with van der Waals surface area (Å²) in [4.78, 5) is 0. The van der Waals surface area contributed by atoms with Crippen LogP contribution in [0.4, 0.5) is 0 Å². The Balaban J connectivity index is 1.83. The largest absolute Gasteiger partial charge is 0.0616 e. The maximum Gasteiger partial charge on any atom is 0.0175 e. The summed E-state index contributed by atoms with van der Waals surface area (Å²) in [6.07, 6.45) is 4.52. The van der Waals surface area contributed by atoms with Gasteiger partial charge >= 0.3 is 0 Å². The van der Waals surface area contributed by atoms with Crippen LogP contribution in [0.1, 0.15) is 43.7 Å². The summed E-state index contributed by atoms with van der Waals surface area (Å²) in [5.41, 5.74) is 2.81. The van der Waals surface area contributed by atoms with E-state index in [-0.39, 0.29) is 5.41 Å². The second-order valence-electron chi connectivity index (χ2n) is 7.77. The smallest absolute Gasteiger partial charge is 0.0175 e. The molecule has 0 atom stereocenters. The molecule has 0 aliphatic rings. The van der Waals surface area contributed by atoms with Gasteiger partial charge in [-0.2, -0.15) is 0 Å². The van der Waals surface area contributed by atoms with E-state index in [1.165, 1.54) is 45.5 Å². The Kier molecular flexibility index (Phi) is 4.99. The summed E-state index contributed by atoms with van der Waals surface area (Å²) in [7, 11) is 0. The van der Waals surface area contributed by atoms with Crippen molar-refractivity contribution in [3.05, 3.63) is 103 Å². The number of unbranched alkanes of at least 4 members (excludes halogenated alkanes) is 2. The molecule has 0 saturated heterocycles. The summed E-state index contributed by atoms with van der Waals surface area (Å²) >= 11 is 0. The number of benzene rings is 4. The van der Waals surface area contributed by atoms with Crippen molar-refractivity contribution < 1.29 is 0 Å². The van der Waals surface area contributed by atoms with E-state index in [2.05, 4.69) is 98.8 Å². The molecule has 0 heterocycles. The SMILES string of the molecule is [CH2]CCCCC(C)(c1ccc2ccccc2c1)c1ccc2ccccc2c1. The lowest BCUT2D eigenvalue weighted by Gasteiger charge is -2.32. The third kappa shape index (κ3) is 3.49. The average Bonchev–Trinajstić information content (AvgIpc) is 2.73. The number of hydrogen-bond donors (Lipinski definition) is 0. The van der Waals surface area contributed by atoms with Gasteiger partial charge in [-0.25, -0.2) is 0 Å². The molecule has 0 aliphatic heterocycles. The van der Waals surface area contributed by atoms with Crippen molar-refractivity contribution >= 4 is 21.5 Å². The normalized spacial score (nSPS) is 11.9. The fourth-order valence-corrected chi connectivity index (χ4v) is 4.18. The van der Waals surface area contributed by atoms with Crippen molar-refractivity contribution in [2.45, 2.75) is 38.0 Å². The lowest BCUT2D eigenvalue weighted by atomic mass is 9.72. The third-order valence-electron chi connectivity index (χ3n) is 5.95. The lowest BCUT2D eigenvalue weighted by molar-refractivity contribution is 0.488. The Morgan fingerprint density at radius 1 is 0.630 bits per heavy atom. The third-order valence-corrected chi connectivity index (χ3v) is 5.95. The lowest BCUT2D eigenvalue weighted by Crippen LogP contribution is -2.23. The molecule has 4 aromatic rings. The maximum atomic E-state index is 4.03. The molecule has 0 saturated carbocycles. The Morgan fingerprint density at radius 3 is 1.59 bits per heavy atom. The quantitative estimate of drug-likeness (QED) is 0.312. The maximum absolute atomic E-state index is 4.03. The van der Waals surface area contributed by atoms with Crippen LogP contribution in [0.25, 0.3) is 21.5 Å². The highest BCUT2D eigenvalue weighted by Gasteiger charge is 2.28. The Hall–Kier alpha value is -2.60. The van der Waals surface area contributed by atoms with Gasteiger partial charge in [0.2, 0.25) is 0 Å². The van der Waals surface area contributed by atoms with Crippen LogP contribution in [0.3, 0.4) is 0 Å². The van der Waals surface area contributed by atoms with Crippen LogP contribution in [-0.4, -0.2) is 0 Å². The average molecular weight is 352 g/mol. The molecule has 0 heteroatoms. The molecular formula is C27H27.